The zero-order valence-corrected chi connectivity index (χ0v) is 21.1. The summed E-state index contributed by atoms with van der Waals surface area (Å²) < 4.78 is 12.9. The lowest BCUT2D eigenvalue weighted by atomic mass is 10.1. The van der Waals surface area contributed by atoms with E-state index < -0.39 is 12.0 Å². The van der Waals surface area contributed by atoms with E-state index in [9.17, 15) is 9.59 Å². The molecule has 13 heteroatoms. The molecule has 3 N–H and O–H groups in total. The summed E-state index contributed by atoms with van der Waals surface area (Å²) in [6.07, 6.45) is 3.02. The molecule has 0 saturated carbocycles. The number of nitrogens with one attached hydrogen (secondary N) is 2. The summed E-state index contributed by atoms with van der Waals surface area (Å²) in [6.45, 7) is 4.93. The van der Waals surface area contributed by atoms with Crippen molar-refractivity contribution in [3.63, 3.8) is 0 Å². The molecule has 0 unspecified atom stereocenters. The Labute approximate surface area is 221 Å². The minimum Gasteiger partial charge on any atom is -0.492 e. The average Bonchev–Trinajstić information content (AvgIpc) is 3.61. The van der Waals surface area contributed by atoms with Crippen molar-refractivity contribution in [2.45, 2.75) is 0 Å². The van der Waals surface area contributed by atoms with E-state index in [1.807, 2.05) is 30.5 Å². The molecule has 0 spiro atoms. The molecule has 1 fully saturated rings. The highest BCUT2D eigenvalue weighted by molar-refractivity contribution is 7.17. The molecule has 38 heavy (non-hydrogen) atoms. The van der Waals surface area contributed by atoms with Crippen LogP contribution in [0, 0.1) is 0 Å². The van der Waals surface area contributed by atoms with Crippen molar-refractivity contribution in [3.8, 4) is 22.7 Å². The largest absolute Gasteiger partial charge is 0.492 e. The number of urea groups is 1. The van der Waals surface area contributed by atoms with Crippen LogP contribution in [-0.2, 0) is 4.74 Å². The van der Waals surface area contributed by atoms with Gasteiger partial charge in [-0.3, -0.25) is 10.2 Å². The van der Waals surface area contributed by atoms with Crippen LogP contribution < -0.4 is 15.4 Å². The summed E-state index contributed by atoms with van der Waals surface area (Å²) >= 11 is 0.876. The molecule has 3 heterocycles. The summed E-state index contributed by atoms with van der Waals surface area (Å²) in [7, 11) is 0. The maximum atomic E-state index is 12.2. The van der Waals surface area contributed by atoms with E-state index in [1.54, 1.807) is 28.9 Å². The van der Waals surface area contributed by atoms with Crippen molar-refractivity contribution in [2.75, 3.05) is 50.1 Å². The van der Waals surface area contributed by atoms with Crippen LogP contribution in [0.1, 0.15) is 9.67 Å². The van der Waals surface area contributed by atoms with E-state index in [0.717, 1.165) is 66.9 Å². The summed E-state index contributed by atoms with van der Waals surface area (Å²) in [5.41, 5.74) is 2.95. The van der Waals surface area contributed by atoms with E-state index in [1.165, 1.54) is 6.20 Å². The first kappa shape index (κ1) is 25.3. The molecule has 1 aliphatic rings. The summed E-state index contributed by atoms with van der Waals surface area (Å²) in [5, 5.41) is 22.8. The van der Waals surface area contributed by atoms with Gasteiger partial charge >= 0.3 is 12.0 Å². The Kier molecular flexibility index (Phi) is 7.87. The number of benzene rings is 2. The van der Waals surface area contributed by atoms with Gasteiger partial charge in [-0.25, -0.2) is 19.3 Å². The molecule has 2 aromatic heterocycles. The molecular weight excluding hydrogens is 510 g/mol. The molecule has 0 aliphatic carbocycles. The summed E-state index contributed by atoms with van der Waals surface area (Å²) in [5.74, 6) is -0.289. The predicted octanol–water partition coefficient (Wildman–Crippen LogP) is 3.44. The highest BCUT2D eigenvalue weighted by Crippen LogP contribution is 2.22. The molecule has 12 nitrogen and oxygen atoms in total. The van der Waals surface area contributed by atoms with Gasteiger partial charge in [-0.1, -0.05) is 16.6 Å². The van der Waals surface area contributed by atoms with E-state index in [2.05, 4.69) is 30.8 Å². The molecule has 2 amide bonds. The number of rotatable bonds is 9. The highest BCUT2D eigenvalue weighted by Gasteiger charge is 2.12. The SMILES string of the molecule is O=C(Nc1ccc(-n2cc(-c3ccc(OCCN4CCOCC4)cc3)nn2)cc1)Nc1ncc(C(=O)O)s1. The minimum absolute atomic E-state index is 0.0422. The summed E-state index contributed by atoms with van der Waals surface area (Å²) in [4.78, 5) is 29.4. The van der Waals surface area contributed by atoms with Crippen LogP contribution in [0.15, 0.2) is 60.9 Å². The first-order chi connectivity index (χ1) is 18.5. The number of hydrogen-bond donors (Lipinski definition) is 3. The average molecular weight is 536 g/mol. The number of amides is 2. The number of aromatic carboxylic acids is 1. The maximum Gasteiger partial charge on any atom is 0.347 e. The van der Waals surface area contributed by atoms with Crippen LogP contribution in [0.5, 0.6) is 5.75 Å². The van der Waals surface area contributed by atoms with Crippen molar-refractivity contribution in [2.24, 2.45) is 0 Å². The van der Waals surface area contributed by atoms with Crippen molar-refractivity contribution < 1.29 is 24.2 Å². The fourth-order valence-electron chi connectivity index (χ4n) is 3.75. The van der Waals surface area contributed by atoms with Crippen LogP contribution >= 0.6 is 11.3 Å². The second-order valence-corrected chi connectivity index (χ2v) is 9.37. The van der Waals surface area contributed by atoms with E-state index in [0.29, 0.717) is 12.3 Å². The van der Waals surface area contributed by atoms with Crippen LogP contribution in [0.3, 0.4) is 0 Å². The second kappa shape index (κ2) is 11.8. The van der Waals surface area contributed by atoms with Gasteiger partial charge in [0.05, 0.1) is 31.3 Å². The zero-order valence-electron chi connectivity index (χ0n) is 20.2. The quantitative estimate of drug-likeness (QED) is 0.294. The third-order valence-electron chi connectivity index (χ3n) is 5.75. The van der Waals surface area contributed by atoms with E-state index in [4.69, 9.17) is 14.6 Å². The number of ether oxygens (including phenoxy) is 2. The van der Waals surface area contributed by atoms with Crippen molar-refractivity contribution in [1.29, 1.82) is 0 Å². The molecule has 1 aliphatic heterocycles. The topological polar surface area (TPSA) is 144 Å². The Morgan fingerprint density at radius 1 is 1.05 bits per heavy atom. The molecule has 1 saturated heterocycles. The second-order valence-electron chi connectivity index (χ2n) is 8.34. The standard InChI is InChI=1S/C25H25N7O5S/c33-23(34)22-15-26-25(38-22)28-24(35)27-18-3-5-19(6-4-18)32-16-21(29-30-32)17-1-7-20(8-2-17)37-14-11-31-9-12-36-13-10-31/h1-8,15-16H,9-14H2,(H,33,34)(H2,26,27,28,35). The van der Waals surface area contributed by atoms with Crippen molar-refractivity contribution >= 4 is 34.2 Å². The van der Waals surface area contributed by atoms with Gasteiger partial charge < -0.3 is 19.9 Å². The van der Waals surface area contributed by atoms with Gasteiger partial charge in [-0.15, -0.1) is 5.10 Å². The number of carboxylic acids is 1. The molecule has 0 atom stereocenters. The molecule has 5 rings (SSSR count). The van der Waals surface area contributed by atoms with E-state index >= 15 is 0 Å². The molecule has 0 radical (unpaired) electrons. The normalized spacial score (nSPS) is 13.7. The van der Waals surface area contributed by atoms with Crippen LogP contribution in [0.4, 0.5) is 15.6 Å². The number of hydrogen-bond acceptors (Lipinski definition) is 9. The number of carbonyl (C=O) groups excluding carboxylic acids is 1. The first-order valence-corrected chi connectivity index (χ1v) is 12.7. The van der Waals surface area contributed by atoms with Gasteiger partial charge in [-0.2, -0.15) is 0 Å². The third kappa shape index (κ3) is 6.51. The van der Waals surface area contributed by atoms with Gasteiger partial charge in [0.1, 0.15) is 22.9 Å². The van der Waals surface area contributed by atoms with Gasteiger partial charge in [0.15, 0.2) is 5.13 Å². The Hall–Kier alpha value is -4.33. The van der Waals surface area contributed by atoms with E-state index in [-0.39, 0.29) is 10.0 Å². The fourth-order valence-corrected chi connectivity index (χ4v) is 4.40. The van der Waals surface area contributed by atoms with Crippen LogP contribution in [0.25, 0.3) is 16.9 Å². The van der Waals surface area contributed by atoms with Crippen LogP contribution in [-0.4, -0.2) is 81.4 Å². The monoisotopic (exact) mass is 535 g/mol. The van der Waals surface area contributed by atoms with Gasteiger partial charge in [0.2, 0.25) is 0 Å². The van der Waals surface area contributed by atoms with Crippen molar-refractivity contribution in [1.82, 2.24) is 24.9 Å². The number of carbonyl (C=O) groups is 2. The zero-order chi connectivity index (χ0) is 26.3. The summed E-state index contributed by atoms with van der Waals surface area (Å²) in [6, 6.07) is 14.3. The smallest absolute Gasteiger partial charge is 0.347 e. The maximum absolute atomic E-state index is 12.2. The number of carboxylic acid groups (broad SMARTS) is 1. The number of morpholine rings is 1. The van der Waals surface area contributed by atoms with Gasteiger partial charge in [-0.05, 0) is 48.5 Å². The first-order valence-electron chi connectivity index (χ1n) is 11.9. The Morgan fingerprint density at radius 3 is 2.53 bits per heavy atom. The highest BCUT2D eigenvalue weighted by atomic mass is 32.1. The third-order valence-corrected chi connectivity index (χ3v) is 6.65. The Bertz CT molecular complexity index is 1380. The molecule has 0 bridgehead atoms. The lowest BCUT2D eigenvalue weighted by Gasteiger charge is -2.26. The Morgan fingerprint density at radius 2 is 1.82 bits per heavy atom. The Balaban J connectivity index is 1.13. The van der Waals surface area contributed by atoms with Gasteiger partial charge in [0.25, 0.3) is 0 Å². The molecule has 196 valence electrons. The minimum atomic E-state index is -1.09. The van der Waals surface area contributed by atoms with Crippen molar-refractivity contribution in [3.05, 3.63) is 65.8 Å². The fraction of sp³-hybridized carbons (Fsp3) is 0.240. The molecule has 4 aromatic rings. The molecular formula is C25H25N7O5S. The number of thiazole rings is 1. The number of aromatic nitrogens is 4. The number of nitrogens with zero attached hydrogens (tertiary/aromatic N) is 5. The lowest BCUT2D eigenvalue weighted by Crippen LogP contribution is -2.38. The van der Waals surface area contributed by atoms with Crippen LogP contribution in [0.2, 0.25) is 0 Å². The lowest BCUT2D eigenvalue weighted by molar-refractivity contribution is 0.0322. The predicted molar refractivity (Wildman–Crippen MR) is 141 cm³/mol. The number of anilines is 2. The van der Waals surface area contributed by atoms with Gasteiger partial charge in [0, 0.05) is 30.9 Å². The molecule has 2 aromatic carbocycles.